The van der Waals surface area contributed by atoms with Crippen molar-refractivity contribution in [2.45, 2.75) is 24.3 Å². The highest BCUT2D eigenvalue weighted by atomic mass is 35.5. The van der Waals surface area contributed by atoms with Crippen molar-refractivity contribution in [3.63, 3.8) is 0 Å². The van der Waals surface area contributed by atoms with E-state index in [1.165, 1.54) is 12.1 Å². The second kappa shape index (κ2) is 7.70. The van der Waals surface area contributed by atoms with Crippen LogP contribution >= 0.6 is 11.6 Å². The fourth-order valence-corrected chi connectivity index (χ4v) is 7.39. The Kier molecular flexibility index (Phi) is 4.70. The summed E-state index contributed by atoms with van der Waals surface area (Å²) in [6.07, 6.45) is 0.971. The van der Waals surface area contributed by atoms with Gasteiger partial charge in [-0.15, -0.1) is 0 Å². The van der Waals surface area contributed by atoms with Gasteiger partial charge in [0, 0.05) is 39.7 Å². The predicted octanol–water partition coefficient (Wildman–Crippen LogP) is 5.72. The summed E-state index contributed by atoms with van der Waals surface area (Å²) >= 11 is 6.47. The Morgan fingerprint density at radius 3 is 2.65 bits per heavy atom. The summed E-state index contributed by atoms with van der Waals surface area (Å²) in [7, 11) is 1.89. The van der Waals surface area contributed by atoms with Gasteiger partial charge in [-0.2, -0.15) is 0 Å². The van der Waals surface area contributed by atoms with Crippen molar-refractivity contribution in [1.29, 1.82) is 0 Å². The largest absolute Gasteiger partial charge is 0.324 e. The van der Waals surface area contributed by atoms with E-state index in [1.54, 1.807) is 24.3 Å². The molecule has 0 saturated carbocycles. The number of likely N-dealkylation sites (N-methyl/N-ethyl adjacent to an activating group) is 1. The van der Waals surface area contributed by atoms with Crippen LogP contribution in [0.1, 0.15) is 39.5 Å². The summed E-state index contributed by atoms with van der Waals surface area (Å²) in [6.45, 7) is 0.451. The van der Waals surface area contributed by atoms with Crippen LogP contribution < -0.4 is 5.32 Å². The minimum Gasteiger partial charge on any atom is -0.324 e. The van der Waals surface area contributed by atoms with Crippen molar-refractivity contribution in [3.8, 4) is 0 Å². The van der Waals surface area contributed by atoms with Gasteiger partial charge in [-0.3, -0.25) is 19.5 Å². The van der Waals surface area contributed by atoms with Crippen molar-refractivity contribution < 1.29 is 14.0 Å². The molecule has 2 spiro atoms. The van der Waals surface area contributed by atoms with Gasteiger partial charge in [-0.25, -0.2) is 4.39 Å². The van der Waals surface area contributed by atoms with E-state index in [0.717, 1.165) is 22.2 Å². The number of Topliss-reactive ketones (excluding diaryl/α,β-unsaturated/α-hetero) is 1. The van der Waals surface area contributed by atoms with Crippen LogP contribution in [0.5, 0.6) is 0 Å². The van der Waals surface area contributed by atoms with Crippen molar-refractivity contribution >= 4 is 39.9 Å². The number of rotatable bonds is 1. The van der Waals surface area contributed by atoms with Crippen LogP contribution in [0.2, 0.25) is 5.02 Å². The fraction of sp³-hybridized carbons (Fsp3) is 0.233. The Morgan fingerprint density at radius 1 is 1.05 bits per heavy atom. The second-order valence-electron chi connectivity index (χ2n) is 10.3. The van der Waals surface area contributed by atoms with E-state index in [2.05, 4.69) is 5.32 Å². The van der Waals surface area contributed by atoms with Crippen LogP contribution in [-0.2, 0) is 16.8 Å². The number of nitrogens with one attached hydrogen (secondary N) is 1. The molecule has 184 valence electrons. The lowest BCUT2D eigenvalue weighted by molar-refractivity contribution is -0.130. The van der Waals surface area contributed by atoms with Crippen LogP contribution in [0.25, 0.3) is 10.9 Å². The number of aromatic nitrogens is 1. The van der Waals surface area contributed by atoms with Crippen molar-refractivity contribution in [1.82, 2.24) is 9.88 Å². The highest BCUT2D eigenvalue weighted by Crippen LogP contribution is 2.66. The average molecular weight is 512 g/mol. The number of para-hydroxylation sites is 1. The van der Waals surface area contributed by atoms with Crippen molar-refractivity contribution in [3.05, 3.63) is 106 Å². The molecule has 0 radical (unpaired) electrons. The molecule has 0 bridgehead atoms. The number of ketones is 1. The van der Waals surface area contributed by atoms with Gasteiger partial charge in [-0.1, -0.05) is 41.9 Å². The molecule has 1 saturated heterocycles. The Bertz CT molecular complexity index is 1640. The van der Waals surface area contributed by atoms with Gasteiger partial charge in [0.1, 0.15) is 11.4 Å². The van der Waals surface area contributed by atoms with Crippen LogP contribution in [-0.4, -0.2) is 35.2 Å². The molecule has 1 amide bonds. The number of anilines is 1. The van der Waals surface area contributed by atoms with Crippen molar-refractivity contribution in [2.24, 2.45) is 5.41 Å². The van der Waals surface area contributed by atoms with E-state index in [0.29, 0.717) is 41.2 Å². The number of pyridine rings is 1. The summed E-state index contributed by atoms with van der Waals surface area (Å²) in [5.74, 6) is -1.03. The first-order valence-electron chi connectivity index (χ1n) is 12.4. The Hall–Kier alpha value is -3.61. The van der Waals surface area contributed by atoms with Crippen LogP contribution in [0.3, 0.4) is 0 Å². The first kappa shape index (κ1) is 22.6. The molecule has 4 aromatic rings. The van der Waals surface area contributed by atoms with Crippen LogP contribution in [0, 0.1) is 11.2 Å². The molecule has 5 nitrogen and oxygen atoms in total. The Balaban J connectivity index is 1.53. The average Bonchev–Trinajstić information content (AvgIpc) is 3.34. The molecule has 7 heteroatoms. The topological polar surface area (TPSA) is 62.3 Å². The van der Waals surface area contributed by atoms with E-state index in [-0.39, 0.29) is 23.4 Å². The number of carbonyl (C=O) groups excluding carboxylic acids is 2. The lowest BCUT2D eigenvalue weighted by Crippen LogP contribution is -2.60. The lowest BCUT2D eigenvalue weighted by atomic mass is 9.54. The number of aryl methyl sites for hydroxylation is 1. The summed E-state index contributed by atoms with van der Waals surface area (Å²) in [6, 6.07) is 21.3. The highest BCUT2D eigenvalue weighted by Gasteiger charge is 2.74. The number of halogens is 2. The molecule has 1 aliphatic carbocycles. The van der Waals surface area contributed by atoms with Crippen LogP contribution in [0.15, 0.2) is 72.8 Å². The van der Waals surface area contributed by atoms with Gasteiger partial charge >= 0.3 is 0 Å². The van der Waals surface area contributed by atoms with E-state index in [4.69, 9.17) is 16.6 Å². The number of carbonyl (C=O) groups is 2. The summed E-state index contributed by atoms with van der Waals surface area (Å²) in [5, 5.41) is 4.43. The number of benzene rings is 3. The van der Waals surface area contributed by atoms with Crippen molar-refractivity contribution in [2.75, 3.05) is 18.9 Å². The summed E-state index contributed by atoms with van der Waals surface area (Å²) < 4.78 is 13.9. The lowest BCUT2D eigenvalue weighted by Gasteiger charge is -2.48. The normalized spacial score (nSPS) is 26.6. The van der Waals surface area contributed by atoms with Gasteiger partial charge < -0.3 is 5.32 Å². The molecule has 0 unspecified atom stereocenters. The standard InChI is InChI=1S/C30H23ClFN3O2/c1-35-16-23(17-6-9-20(32)10-7-17)29(30(35)22-15-19(31)8-11-26(22)34-28(30)37)13-12-25-21(27(29)36)14-18-4-2-3-5-24(18)33-25/h2-11,14-15,23H,12-13,16H2,1H3,(H,34,37)/t23-,29+,30+/m1/s1. The highest BCUT2D eigenvalue weighted by molar-refractivity contribution is 6.31. The summed E-state index contributed by atoms with van der Waals surface area (Å²) in [4.78, 5) is 35.9. The first-order valence-corrected chi connectivity index (χ1v) is 12.8. The monoisotopic (exact) mass is 511 g/mol. The molecule has 3 aliphatic rings. The molecular formula is C30H23ClFN3O2. The zero-order valence-corrected chi connectivity index (χ0v) is 20.8. The molecule has 3 heterocycles. The molecule has 1 fully saturated rings. The number of likely N-dealkylation sites (tertiary alicyclic amines) is 1. The van der Waals surface area contributed by atoms with E-state index < -0.39 is 11.0 Å². The minimum absolute atomic E-state index is 0.103. The van der Waals surface area contributed by atoms with Gasteiger partial charge in [0.25, 0.3) is 5.91 Å². The quantitative estimate of drug-likeness (QED) is 0.355. The van der Waals surface area contributed by atoms with Crippen LogP contribution in [0.4, 0.5) is 10.1 Å². The summed E-state index contributed by atoms with van der Waals surface area (Å²) in [5.41, 5.74) is 1.94. The predicted molar refractivity (Wildman–Crippen MR) is 140 cm³/mol. The SMILES string of the molecule is CN1C[C@H](c2ccc(F)cc2)[C@]2(CCc3nc4ccccc4cc3C2=O)[C@]12C(=O)Nc1ccc(Cl)cc12. The van der Waals surface area contributed by atoms with Gasteiger partial charge in [0.05, 0.1) is 16.6 Å². The Labute approximate surface area is 218 Å². The smallest absolute Gasteiger partial charge is 0.250 e. The molecule has 1 aromatic heterocycles. The number of amides is 1. The fourth-order valence-electron chi connectivity index (χ4n) is 7.22. The van der Waals surface area contributed by atoms with Gasteiger partial charge in [0.15, 0.2) is 5.78 Å². The second-order valence-corrected chi connectivity index (χ2v) is 10.8. The first-order chi connectivity index (χ1) is 17.9. The number of nitrogens with zero attached hydrogens (tertiary/aromatic N) is 2. The van der Waals surface area contributed by atoms with Gasteiger partial charge in [-0.05, 0) is 67.9 Å². The Morgan fingerprint density at radius 2 is 1.84 bits per heavy atom. The third-order valence-electron chi connectivity index (χ3n) is 8.70. The van der Waals surface area contributed by atoms with E-state index in [1.807, 2.05) is 48.3 Å². The maximum Gasteiger partial charge on any atom is 0.250 e. The zero-order valence-electron chi connectivity index (χ0n) is 20.1. The minimum atomic E-state index is -1.27. The van der Waals surface area contributed by atoms with Gasteiger partial charge in [0.2, 0.25) is 0 Å². The maximum atomic E-state index is 14.9. The maximum absolute atomic E-state index is 14.9. The van der Waals surface area contributed by atoms with E-state index in [9.17, 15) is 14.0 Å². The molecular weight excluding hydrogens is 489 g/mol. The third-order valence-corrected chi connectivity index (χ3v) is 8.93. The number of hydrogen-bond donors (Lipinski definition) is 1. The molecule has 3 aromatic carbocycles. The molecule has 1 N–H and O–H groups in total. The number of fused-ring (bicyclic) bond motifs is 5. The zero-order chi connectivity index (χ0) is 25.5. The molecule has 7 rings (SSSR count). The molecule has 3 atom stereocenters. The van der Waals surface area contributed by atoms with E-state index >= 15 is 0 Å². The third kappa shape index (κ3) is 2.80. The molecule has 37 heavy (non-hydrogen) atoms. The number of hydrogen-bond acceptors (Lipinski definition) is 4. The molecule has 2 aliphatic heterocycles.